The van der Waals surface area contributed by atoms with Gasteiger partial charge in [0.1, 0.15) is 0 Å². The molecule has 0 aromatic carbocycles. The van der Waals surface area contributed by atoms with Crippen molar-refractivity contribution >= 4 is 5.97 Å². The molecule has 0 spiro atoms. The minimum atomic E-state index is -0.199. The smallest absolute Gasteiger partial charge is 0.306 e. The summed E-state index contributed by atoms with van der Waals surface area (Å²) in [6.45, 7) is 3.65. The molecule has 0 aliphatic heterocycles. The standard InChI is InChI=1S/C8H12O2/c1-4-5-7(2)6-8(9)10-3/h7H,6H2,1-3H3. The second-order valence-corrected chi connectivity index (χ2v) is 2.08. The van der Waals surface area contributed by atoms with Crippen molar-refractivity contribution in [3.05, 3.63) is 0 Å². The molecule has 1 atom stereocenters. The molecule has 0 rings (SSSR count). The number of esters is 1. The highest BCUT2D eigenvalue weighted by Gasteiger charge is 2.04. The van der Waals surface area contributed by atoms with Crippen LogP contribution in [0.2, 0.25) is 0 Å². The molecule has 0 radical (unpaired) electrons. The van der Waals surface area contributed by atoms with Crippen molar-refractivity contribution < 1.29 is 9.53 Å². The molecule has 0 bridgehead atoms. The van der Waals surface area contributed by atoms with Crippen LogP contribution >= 0.6 is 0 Å². The first kappa shape index (κ1) is 9.03. The van der Waals surface area contributed by atoms with Crippen molar-refractivity contribution in [2.24, 2.45) is 5.92 Å². The molecule has 56 valence electrons. The van der Waals surface area contributed by atoms with Gasteiger partial charge in [-0.05, 0) is 6.92 Å². The first-order valence-corrected chi connectivity index (χ1v) is 3.19. The lowest BCUT2D eigenvalue weighted by molar-refractivity contribution is -0.141. The van der Waals surface area contributed by atoms with Gasteiger partial charge in [0.15, 0.2) is 0 Å². The van der Waals surface area contributed by atoms with Crippen LogP contribution in [0.15, 0.2) is 0 Å². The van der Waals surface area contributed by atoms with Gasteiger partial charge in [-0.2, -0.15) is 0 Å². The van der Waals surface area contributed by atoms with Crippen LogP contribution in [-0.4, -0.2) is 13.1 Å². The Labute approximate surface area is 61.6 Å². The molecule has 0 heterocycles. The fourth-order valence-corrected chi connectivity index (χ4v) is 0.631. The second kappa shape index (κ2) is 4.87. The lowest BCUT2D eigenvalue weighted by Crippen LogP contribution is -2.05. The summed E-state index contributed by atoms with van der Waals surface area (Å²) in [5.74, 6) is 5.51. The van der Waals surface area contributed by atoms with Crippen molar-refractivity contribution in [2.45, 2.75) is 20.3 Å². The number of ether oxygens (including phenoxy) is 1. The molecule has 0 saturated carbocycles. The van der Waals surface area contributed by atoms with E-state index in [1.165, 1.54) is 7.11 Å². The van der Waals surface area contributed by atoms with Crippen LogP contribution in [0.25, 0.3) is 0 Å². The normalized spacial score (nSPS) is 11.1. The van der Waals surface area contributed by atoms with E-state index in [0.717, 1.165) is 0 Å². The van der Waals surface area contributed by atoms with E-state index in [-0.39, 0.29) is 11.9 Å². The maximum Gasteiger partial charge on any atom is 0.306 e. The Bertz CT molecular complexity index is 162. The van der Waals surface area contributed by atoms with Crippen LogP contribution in [0, 0.1) is 17.8 Å². The van der Waals surface area contributed by atoms with Crippen molar-refractivity contribution in [3.8, 4) is 11.8 Å². The van der Waals surface area contributed by atoms with Gasteiger partial charge < -0.3 is 4.74 Å². The Morgan fingerprint density at radius 1 is 1.70 bits per heavy atom. The Morgan fingerprint density at radius 3 is 2.70 bits per heavy atom. The highest BCUT2D eigenvalue weighted by molar-refractivity contribution is 5.69. The maximum absolute atomic E-state index is 10.6. The predicted octanol–water partition coefficient (Wildman–Crippen LogP) is 1.21. The zero-order valence-corrected chi connectivity index (χ0v) is 6.60. The van der Waals surface area contributed by atoms with Crippen LogP contribution in [0.5, 0.6) is 0 Å². The zero-order valence-electron chi connectivity index (χ0n) is 6.60. The van der Waals surface area contributed by atoms with Crippen molar-refractivity contribution in [2.75, 3.05) is 7.11 Å². The Balaban J connectivity index is 3.64. The summed E-state index contributed by atoms with van der Waals surface area (Å²) in [7, 11) is 1.38. The number of hydrogen-bond acceptors (Lipinski definition) is 2. The molecule has 0 N–H and O–H groups in total. The van der Waals surface area contributed by atoms with E-state index < -0.39 is 0 Å². The van der Waals surface area contributed by atoms with E-state index in [2.05, 4.69) is 16.6 Å². The van der Waals surface area contributed by atoms with Gasteiger partial charge in [0.25, 0.3) is 0 Å². The number of hydrogen-bond donors (Lipinski definition) is 0. The van der Waals surface area contributed by atoms with Crippen molar-refractivity contribution in [3.63, 3.8) is 0 Å². The lowest BCUT2D eigenvalue weighted by atomic mass is 10.1. The molecule has 0 fully saturated rings. The Hall–Kier alpha value is -0.970. The minimum Gasteiger partial charge on any atom is -0.469 e. The largest absolute Gasteiger partial charge is 0.469 e. The summed E-state index contributed by atoms with van der Waals surface area (Å²) >= 11 is 0. The molecule has 0 amide bonds. The third-order valence-electron chi connectivity index (χ3n) is 1.09. The van der Waals surface area contributed by atoms with E-state index in [0.29, 0.717) is 6.42 Å². The Morgan fingerprint density at radius 2 is 2.30 bits per heavy atom. The summed E-state index contributed by atoms with van der Waals surface area (Å²) in [5, 5.41) is 0. The number of rotatable bonds is 2. The summed E-state index contributed by atoms with van der Waals surface area (Å²) in [6.07, 6.45) is 0.386. The average Bonchev–Trinajstić information content (AvgIpc) is 1.88. The number of methoxy groups -OCH3 is 1. The van der Waals surface area contributed by atoms with Gasteiger partial charge in [-0.15, -0.1) is 5.92 Å². The van der Waals surface area contributed by atoms with Gasteiger partial charge in [0.2, 0.25) is 0 Å². The number of carbonyl (C=O) groups is 1. The van der Waals surface area contributed by atoms with Crippen LogP contribution < -0.4 is 0 Å². The molecule has 2 heteroatoms. The maximum atomic E-state index is 10.6. The van der Waals surface area contributed by atoms with E-state index in [1.807, 2.05) is 6.92 Å². The van der Waals surface area contributed by atoms with Crippen molar-refractivity contribution in [1.82, 2.24) is 0 Å². The summed E-state index contributed by atoms with van der Waals surface area (Å²) in [4.78, 5) is 10.6. The Kier molecular flexibility index (Phi) is 4.39. The van der Waals surface area contributed by atoms with Crippen LogP contribution in [-0.2, 0) is 9.53 Å². The fourth-order valence-electron chi connectivity index (χ4n) is 0.631. The highest BCUT2D eigenvalue weighted by Crippen LogP contribution is 1.99. The van der Waals surface area contributed by atoms with Crippen LogP contribution in [0.3, 0.4) is 0 Å². The van der Waals surface area contributed by atoms with Gasteiger partial charge in [-0.3, -0.25) is 4.79 Å². The molecule has 0 saturated heterocycles. The van der Waals surface area contributed by atoms with Gasteiger partial charge in [-0.1, -0.05) is 12.8 Å². The van der Waals surface area contributed by atoms with Crippen LogP contribution in [0.4, 0.5) is 0 Å². The molecule has 2 nitrogen and oxygen atoms in total. The second-order valence-electron chi connectivity index (χ2n) is 2.08. The zero-order chi connectivity index (χ0) is 7.98. The van der Waals surface area contributed by atoms with E-state index in [1.54, 1.807) is 6.92 Å². The fraction of sp³-hybridized carbons (Fsp3) is 0.625. The molecular formula is C8H12O2. The van der Waals surface area contributed by atoms with E-state index >= 15 is 0 Å². The first-order valence-electron chi connectivity index (χ1n) is 3.19. The predicted molar refractivity (Wildman–Crippen MR) is 39.2 cm³/mol. The molecule has 0 aliphatic rings. The molecule has 0 aromatic rings. The molecular weight excluding hydrogens is 128 g/mol. The SMILES string of the molecule is CC#CC(C)CC(=O)OC. The summed E-state index contributed by atoms with van der Waals surface area (Å²) in [5.41, 5.74) is 0. The molecule has 1 unspecified atom stereocenters. The molecule has 0 aromatic heterocycles. The lowest BCUT2D eigenvalue weighted by Gasteiger charge is -1.99. The van der Waals surface area contributed by atoms with Gasteiger partial charge in [0.05, 0.1) is 13.5 Å². The quantitative estimate of drug-likeness (QED) is 0.425. The van der Waals surface area contributed by atoms with E-state index in [4.69, 9.17) is 0 Å². The molecule has 0 aliphatic carbocycles. The first-order chi connectivity index (χ1) is 4.70. The van der Waals surface area contributed by atoms with Gasteiger partial charge in [0, 0.05) is 5.92 Å². The third-order valence-corrected chi connectivity index (χ3v) is 1.09. The van der Waals surface area contributed by atoms with E-state index in [9.17, 15) is 4.79 Å². The molecule has 10 heavy (non-hydrogen) atoms. The highest BCUT2D eigenvalue weighted by atomic mass is 16.5. The summed E-state index contributed by atoms with van der Waals surface area (Å²) in [6, 6.07) is 0. The van der Waals surface area contributed by atoms with Gasteiger partial charge in [-0.25, -0.2) is 0 Å². The number of carbonyl (C=O) groups excluding carboxylic acids is 1. The topological polar surface area (TPSA) is 26.3 Å². The minimum absolute atomic E-state index is 0.109. The van der Waals surface area contributed by atoms with Crippen LogP contribution in [0.1, 0.15) is 20.3 Å². The third kappa shape index (κ3) is 3.96. The summed E-state index contributed by atoms with van der Waals surface area (Å²) < 4.78 is 4.46. The van der Waals surface area contributed by atoms with Crippen molar-refractivity contribution in [1.29, 1.82) is 0 Å². The van der Waals surface area contributed by atoms with Gasteiger partial charge >= 0.3 is 5.97 Å². The monoisotopic (exact) mass is 140 g/mol. The average molecular weight is 140 g/mol.